The Labute approximate surface area is 160 Å². The zero-order chi connectivity index (χ0) is 18.8. The van der Waals surface area contributed by atoms with Crippen molar-refractivity contribution in [3.63, 3.8) is 0 Å². The molecule has 1 aromatic rings. The highest BCUT2D eigenvalue weighted by Gasteiger charge is 2.51. The second kappa shape index (κ2) is 7.72. The van der Waals surface area contributed by atoms with E-state index in [1.54, 1.807) is 0 Å². The van der Waals surface area contributed by atoms with E-state index >= 15 is 0 Å². The van der Waals surface area contributed by atoms with Crippen molar-refractivity contribution >= 4 is 17.6 Å². The normalized spacial score (nSPS) is 30.6. The molecule has 0 unspecified atom stereocenters. The number of esters is 1. The van der Waals surface area contributed by atoms with Gasteiger partial charge in [-0.2, -0.15) is 5.26 Å². The van der Waals surface area contributed by atoms with Crippen molar-refractivity contribution in [2.75, 3.05) is 18.1 Å². The maximum atomic E-state index is 12.8. The van der Waals surface area contributed by atoms with E-state index < -0.39 is 0 Å². The minimum atomic E-state index is -0.270. The van der Waals surface area contributed by atoms with Crippen molar-refractivity contribution in [2.24, 2.45) is 29.6 Å². The number of amides is 1. The molecule has 142 valence electrons. The molecule has 1 aromatic carbocycles. The summed E-state index contributed by atoms with van der Waals surface area (Å²) in [6, 6.07) is 11.3. The number of rotatable bonds is 6. The second-order valence-corrected chi connectivity index (χ2v) is 8.35. The summed E-state index contributed by atoms with van der Waals surface area (Å²) in [6.07, 6.45) is 6.19. The standard InChI is InChI=1S/C22H26N2O3/c23-7-4-8-24(19-5-2-1-3-6-19)20(25)14-27-22(26)21-17-10-15-9-16(12-17)13-18(21)11-15/h1-3,5-6,15-18,21H,4,8-14H2. The SMILES string of the molecule is N#CCCN(C(=O)COC(=O)C1C2CC3CC(C2)CC1C3)c1ccccc1. The van der Waals surface area contributed by atoms with Crippen LogP contribution >= 0.6 is 0 Å². The number of nitriles is 1. The lowest BCUT2D eigenvalue weighted by Crippen LogP contribution is -2.49. The van der Waals surface area contributed by atoms with Crippen LogP contribution < -0.4 is 4.90 Å². The maximum Gasteiger partial charge on any atom is 0.310 e. The first-order chi connectivity index (χ1) is 13.2. The average Bonchev–Trinajstić information content (AvgIpc) is 2.66. The van der Waals surface area contributed by atoms with Gasteiger partial charge in [-0.1, -0.05) is 18.2 Å². The predicted octanol–water partition coefficient (Wildman–Crippen LogP) is 3.55. The summed E-state index contributed by atoms with van der Waals surface area (Å²) in [5, 5.41) is 8.88. The van der Waals surface area contributed by atoms with Gasteiger partial charge in [0.25, 0.3) is 5.91 Å². The number of benzene rings is 1. The summed E-state index contributed by atoms with van der Waals surface area (Å²) in [6.45, 7) is 0.0525. The van der Waals surface area contributed by atoms with Crippen LogP contribution in [0.15, 0.2) is 30.3 Å². The van der Waals surface area contributed by atoms with Crippen molar-refractivity contribution in [2.45, 2.75) is 38.5 Å². The molecule has 0 atom stereocenters. The molecule has 4 aliphatic rings. The molecule has 0 heterocycles. The molecule has 0 radical (unpaired) electrons. The van der Waals surface area contributed by atoms with Crippen LogP contribution in [0.2, 0.25) is 0 Å². The fraction of sp³-hybridized carbons (Fsp3) is 0.591. The van der Waals surface area contributed by atoms with E-state index in [0.29, 0.717) is 18.4 Å². The Balaban J connectivity index is 1.37. The molecule has 0 spiro atoms. The zero-order valence-electron chi connectivity index (χ0n) is 15.5. The quantitative estimate of drug-likeness (QED) is 0.722. The number of nitrogens with zero attached hydrogens (tertiary/aromatic N) is 2. The van der Waals surface area contributed by atoms with Crippen LogP contribution in [0.25, 0.3) is 0 Å². The molecule has 4 aliphatic carbocycles. The van der Waals surface area contributed by atoms with Gasteiger partial charge in [-0.05, 0) is 67.9 Å². The predicted molar refractivity (Wildman–Crippen MR) is 101 cm³/mol. The van der Waals surface area contributed by atoms with Crippen molar-refractivity contribution in [1.29, 1.82) is 5.26 Å². The van der Waals surface area contributed by atoms with Gasteiger partial charge in [0.2, 0.25) is 0 Å². The van der Waals surface area contributed by atoms with E-state index in [1.165, 1.54) is 11.3 Å². The smallest absolute Gasteiger partial charge is 0.310 e. The molecule has 27 heavy (non-hydrogen) atoms. The first-order valence-electron chi connectivity index (χ1n) is 10.0. The van der Waals surface area contributed by atoms with Crippen molar-refractivity contribution < 1.29 is 14.3 Å². The monoisotopic (exact) mass is 366 g/mol. The number of hydrogen-bond acceptors (Lipinski definition) is 4. The molecule has 5 rings (SSSR count). The van der Waals surface area contributed by atoms with Crippen molar-refractivity contribution in [1.82, 2.24) is 0 Å². The van der Waals surface area contributed by atoms with Gasteiger partial charge in [-0.25, -0.2) is 0 Å². The molecule has 5 nitrogen and oxygen atoms in total. The average molecular weight is 366 g/mol. The molecule has 5 heteroatoms. The molecule has 0 aliphatic heterocycles. The van der Waals surface area contributed by atoms with Crippen LogP contribution in [0.5, 0.6) is 0 Å². The maximum absolute atomic E-state index is 12.8. The van der Waals surface area contributed by atoms with Gasteiger partial charge in [0, 0.05) is 12.2 Å². The first kappa shape index (κ1) is 18.0. The van der Waals surface area contributed by atoms with E-state index in [1.807, 2.05) is 30.3 Å². The van der Waals surface area contributed by atoms with Crippen LogP contribution in [0.1, 0.15) is 38.5 Å². The third-order valence-corrected chi connectivity index (χ3v) is 6.65. The summed E-state index contributed by atoms with van der Waals surface area (Å²) >= 11 is 0. The minimum absolute atomic E-state index is 0.0186. The van der Waals surface area contributed by atoms with Crippen molar-refractivity contribution in [3.05, 3.63) is 30.3 Å². The van der Waals surface area contributed by atoms with Crippen LogP contribution in [0.4, 0.5) is 5.69 Å². The summed E-state index contributed by atoms with van der Waals surface area (Å²) in [5.41, 5.74) is 0.725. The number of carbonyl (C=O) groups is 2. The highest BCUT2D eigenvalue weighted by Crippen LogP contribution is 2.56. The number of anilines is 1. The molecule has 0 N–H and O–H groups in total. The lowest BCUT2D eigenvalue weighted by Gasteiger charge is -2.53. The van der Waals surface area contributed by atoms with Gasteiger partial charge >= 0.3 is 5.97 Å². The molecular formula is C22H26N2O3. The van der Waals surface area contributed by atoms with Gasteiger partial charge in [0.1, 0.15) is 0 Å². The van der Waals surface area contributed by atoms with Gasteiger partial charge in [-0.3, -0.25) is 9.59 Å². The van der Waals surface area contributed by atoms with E-state index in [0.717, 1.165) is 43.2 Å². The number of hydrogen-bond donors (Lipinski definition) is 0. The van der Waals surface area contributed by atoms with E-state index in [9.17, 15) is 9.59 Å². The molecule has 0 saturated heterocycles. The highest BCUT2D eigenvalue weighted by molar-refractivity contribution is 5.95. The van der Waals surface area contributed by atoms with Crippen LogP contribution in [-0.4, -0.2) is 25.0 Å². The molecule has 4 fully saturated rings. The fourth-order valence-electron chi connectivity index (χ4n) is 5.78. The summed E-state index contributed by atoms with van der Waals surface area (Å²) < 4.78 is 5.50. The van der Waals surface area contributed by atoms with E-state index in [2.05, 4.69) is 6.07 Å². The topological polar surface area (TPSA) is 70.4 Å². The fourth-order valence-corrected chi connectivity index (χ4v) is 5.78. The Kier molecular flexibility index (Phi) is 5.15. The van der Waals surface area contributed by atoms with Crippen LogP contribution in [0.3, 0.4) is 0 Å². The highest BCUT2D eigenvalue weighted by atomic mass is 16.5. The Morgan fingerprint density at radius 1 is 1.04 bits per heavy atom. The van der Waals surface area contributed by atoms with E-state index in [-0.39, 0.29) is 30.8 Å². The van der Waals surface area contributed by atoms with Gasteiger partial charge in [-0.15, -0.1) is 0 Å². The first-order valence-corrected chi connectivity index (χ1v) is 10.0. The Bertz CT molecular complexity index is 712. The van der Waals surface area contributed by atoms with Crippen molar-refractivity contribution in [3.8, 4) is 6.07 Å². The lowest BCUT2D eigenvalue weighted by molar-refractivity contribution is -0.164. The van der Waals surface area contributed by atoms with E-state index in [4.69, 9.17) is 10.00 Å². The second-order valence-electron chi connectivity index (χ2n) is 8.35. The summed E-state index contributed by atoms with van der Waals surface area (Å²) in [5.74, 6) is 2.03. The lowest BCUT2D eigenvalue weighted by atomic mass is 9.52. The number of ether oxygens (including phenoxy) is 1. The Morgan fingerprint density at radius 2 is 1.67 bits per heavy atom. The zero-order valence-corrected chi connectivity index (χ0v) is 15.5. The van der Waals surface area contributed by atoms with Gasteiger partial charge < -0.3 is 9.64 Å². The van der Waals surface area contributed by atoms with Gasteiger partial charge in [0.15, 0.2) is 6.61 Å². The summed E-state index contributed by atoms with van der Waals surface area (Å²) in [7, 11) is 0. The Hall–Kier alpha value is -2.35. The molecule has 1 amide bonds. The molecule has 4 bridgehead atoms. The number of para-hydroxylation sites is 1. The largest absolute Gasteiger partial charge is 0.455 e. The third-order valence-electron chi connectivity index (χ3n) is 6.65. The van der Waals surface area contributed by atoms with Crippen LogP contribution in [0, 0.1) is 40.9 Å². The summed E-state index contributed by atoms with van der Waals surface area (Å²) in [4.78, 5) is 27.0. The molecular weight excluding hydrogens is 340 g/mol. The third kappa shape index (κ3) is 3.71. The Morgan fingerprint density at radius 3 is 2.26 bits per heavy atom. The minimum Gasteiger partial charge on any atom is -0.455 e. The molecule has 0 aromatic heterocycles. The van der Waals surface area contributed by atoms with Crippen LogP contribution in [-0.2, 0) is 14.3 Å². The van der Waals surface area contributed by atoms with Gasteiger partial charge in [0.05, 0.1) is 18.4 Å². The molecule has 4 saturated carbocycles. The number of carbonyl (C=O) groups excluding carboxylic acids is 2.